The van der Waals surface area contributed by atoms with Gasteiger partial charge in [-0.2, -0.15) is 0 Å². The molecule has 1 aromatic heterocycles. The normalized spacial score (nSPS) is 11.8. The molecule has 6 nitrogen and oxygen atoms in total. The molecule has 0 aliphatic rings. The Hall–Kier alpha value is -2.84. The molecule has 0 saturated carbocycles. The standard InChI is InChI=1S/C23H16Cl3N3O3S/c1-12(31-19-9-7-14(24)11-16(19)26)21(30)29-23(33)28-18-10-13(6-8-15(18)25)22-27-17-4-2-3-5-20(17)32-22/h2-12H,1H3,(H2,28,29,30,33). The Bertz CT molecular complexity index is 1330. The van der Waals surface area contributed by atoms with Crippen LogP contribution in [0.5, 0.6) is 5.75 Å². The number of carbonyl (C=O) groups excluding carboxylic acids is 1. The SMILES string of the molecule is CC(Oc1ccc(Cl)cc1Cl)C(=O)NC(=S)Nc1cc(-c2nc3ccccc3o2)ccc1Cl. The minimum atomic E-state index is -0.870. The number of carbonyl (C=O) groups is 1. The van der Waals surface area contributed by atoms with Crippen LogP contribution in [0.3, 0.4) is 0 Å². The van der Waals surface area contributed by atoms with Crippen LogP contribution >= 0.6 is 47.0 Å². The zero-order chi connectivity index (χ0) is 23.5. The molecular weight excluding hydrogens is 505 g/mol. The Morgan fingerprint density at radius 2 is 1.85 bits per heavy atom. The van der Waals surface area contributed by atoms with Gasteiger partial charge in [0.05, 0.1) is 15.7 Å². The van der Waals surface area contributed by atoms with Crippen molar-refractivity contribution in [3.05, 3.63) is 75.7 Å². The first-order chi connectivity index (χ1) is 15.8. The summed E-state index contributed by atoms with van der Waals surface area (Å²) >= 11 is 23.6. The van der Waals surface area contributed by atoms with Gasteiger partial charge < -0.3 is 14.5 Å². The van der Waals surface area contributed by atoms with Crippen LogP contribution in [0.25, 0.3) is 22.6 Å². The van der Waals surface area contributed by atoms with Crippen LogP contribution in [-0.4, -0.2) is 22.1 Å². The molecule has 4 aromatic rings. The summed E-state index contributed by atoms with van der Waals surface area (Å²) in [5.41, 5.74) is 2.60. The maximum absolute atomic E-state index is 12.5. The minimum Gasteiger partial charge on any atom is -0.479 e. The number of benzene rings is 3. The lowest BCUT2D eigenvalue weighted by molar-refractivity contribution is -0.125. The average molecular weight is 521 g/mol. The molecule has 2 N–H and O–H groups in total. The number of amides is 1. The van der Waals surface area contributed by atoms with Gasteiger partial charge in [-0.25, -0.2) is 4.98 Å². The number of fused-ring (bicyclic) bond motifs is 1. The number of anilines is 1. The quantitative estimate of drug-likeness (QED) is 0.284. The molecule has 1 atom stereocenters. The largest absolute Gasteiger partial charge is 0.479 e. The second kappa shape index (κ2) is 9.97. The van der Waals surface area contributed by atoms with E-state index in [1.165, 1.54) is 6.07 Å². The molecule has 3 aromatic carbocycles. The average Bonchev–Trinajstić information content (AvgIpc) is 3.21. The Kier molecular flexibility index (Phi) is 7.05. The zero-order valence-corrected chi connectivity index (χ0v) is 20.1. The first-order valence-electron chi connectivity index (χ1n) is 9.69. The number of thiocarbonyl (C=S) groups is 1. The van der Waals surface area contributed by atoms with Crippen LogP contribution in [0.4, 0.5) is 5.69 Å². The molecule has 0 saturated heterocycles. The van der Waals surface area contributed by atoms with Gasteiger partial charge in [0.25, 0.3) is 5.91 Å². The topological polar surface area (TPSA) is 76.4 Å². The van der Waals surface area contributed by atoms with Gasteiger partial charge in [-0.05, 0) is 67.7 Å². The summed E-state index contributed by atoms with van der Waals surface area (Å²) in [6.45, 7) is 1.57. The van der Waals surface area contributed by atoms with Crippen LogP contribution < -0.4 is 15.4 Å². The Labute approximate surface area is 209 Å². The number of nitrogens with one attached hydrogen (secondary N) is 2. The van der Waals surface area contributed by atoms with E-state index in [0.717, 1.165) is 5.52 Å². The van der Waals surface area contributed by atoms with Crippen molar-refractivity contribution in [2.24, 2.45) is 0 Å². The number of ether oxygens (including phenoxy) is 1. The summed E-state index contributed by atoms with van der Waals surface area (Å²) in [4.78, 5) is 17.0. The van der Waals surface area contributed by atoms with Gasteiger partial charge in [-0.3, -0.25) is 10.1 Å². The molecule has 0 radical (unpaired) electrons. The van der Waals surface area contributed by atoms with E-state index >= 15 is 0 Å². The molecule has 168 valence electrons. The highest BCUT2D eigenvalue weighted by atomic mass is 35.5. The lowest BCUT2D eigenvalue weighted by Crippen LogP contribution is -2.42. The first kappa shape index (κ1) is 23.3. The van der Waals surface area contributed by atoms with Crippen LogP contribution in [0.1, 0.15) is 6.92 Å². The van der Waals surface area contributed by atoms with E-state index in [9.17, 15) is 4.79 Å². The van der Waals surface area contributed by atoms with Crippen LogP contribution in [0.15, 0.2) is 65.1 Å². The summed E-state index contributed by atoms with van der Waals surface area (Å²) in [6.07, 6.45) is -0.870. The molecule has 1 amide bonds. The molecule has 0 fully saturated rings. The summed E-state index contributed by atoms with van der Waals surface area (Å²) in [6, 6.07) is 17.4. The number of oxazole rings is 1. The van der Waals surface area contributed by atoms with Gasteiger partial charge in [0.1, 0.15) is 11.3 Å². The zero-order valence-electron chi connectivity index (χ0n) is 17.1. The van der Waals surface area contributed by atoms with Crippen molar-refractivity contribution in [3.63, 3.8) is 0 Å². The number of para-hydroxylation sites is 2. The molecule has 10 heteroatoms. The lowest BCUT2D eigenvalue weighted by Gasteiger charge is -2.17. The summed E-state index contributed by atoms with van der Waals surface area (Å²) < 4.78 is 11.4. The highest BCUT2D eigenvalue weighted by Gasteiger charge is 2.18. The van der Waals surface area contributed by atoms with Crippen molar-refractivity contribution in [1.29, 1.82) is 0 Å². The number of nitrogens with zero attached hydrogens (tertiary/aromatic N) is 1. The summed E-state index contributed by atoms with van der Waals surface area (Å²) in [5.74, 6) is 0.300. The van der Waals surface area contributed by atoms with Crippen LogP contribution in [0, 0.1) is 0 Å². The van der Waals surface area contributed by atoms with Gasteiger partial charge in [0.15, 0.2) is 16.8 Å². The second-order valence-electron chi connectivity index (χ2n) is 6.96. The van der Waals surface area contributed by atoms with Crippen molar-refractivity contribution in [2.75, 3.05) is 5.32 Å². The fourth-order valence-corrected chi connectivity index (χ4v) is 3.76. The molecule has 4 rings (SSSR count). The second-order valence-corrected chi connectivity index (χ2v) is 8.62. The van der Waals surface area contributed by atoms with Crippen molar-refractivity contribution in [3.8, 4) is 17.2 Å². The van der Waals surface area contributed by atoms with Crippen molar-refractivity contribution >= 4 is 74.8 Å². The lowest BCUT2D eigenvalue weighted by atomic mass is 10.2. The molecule has 0 aliphatic carbocycles. The minimum absolute atomic E-state index is 0.0502. The molecule has 1 unspecified atom stereocenters. The monoisotopic (exact) mass is 519 g/mol. The molecule has 0 spiro atoms. The van der Waals surface area contributed by atoms with Crippen LogP contribution in [-0.2, 0) is 4.79 Å². The number of hydrogen-bond acceptors (Lipinski definition) is 5. The van der Waals surface area contributed by atoms with Crippen molar-refractivity contribution in [1.82, 2.24) is 10.3 Å². The maximum Gasteiger partial charge on any atom is 0.266 e. The third-order valence-corrected chi connectivity index (χ3v) is 5.62. The van der Waals surface area contributed by atoms with E-state index in [1.807, 2.05) is 24.3 Å². The van der Waals surface area contributed by atoms with Crippen molar-refractivity contribution < 1.29 is 13.9 Å². The highest BCUT2D eigenvalue weighted by molar-refractivity contribution is 7.80. The smallest absolute Gasteiger partial charge is 0.266 e. The number of aromatic nitrogens is 1. The van der Waals surface area contributed by atoms with E-state index in [0.29, 0.717) is 43.5 Å². The van der Waals surface area contributed by atoms with Crippen molar-refractivity contribution in [2.45, 2.75) is 13.0 Å². The van der Waals surface area contributed by atoms with Gasteiger partial charge in [-0.1, -0.05) is 46.9 Å². The summed E-state index contributed by atoms with van der Waals surface area (Å²) in [7, 11) is 0. The molecule has 1 heterocycles. The first-order valence-corrected chi connectivity index (χ1v) is 11.2. The Morgan fingerprint density at radius 1 is 1.06 bits per heavy atom. The van der Waals surface area contributed by atoms with E-state index in [-0.39, 0.29) is 5.11 Å². The maximum atomic E-state index is 12.5. The van der Waals surface area contributed by atoms with E-state index < -0.39 is 12.0 Å². The molecular formula is C23H16Cl3N3O3S. The predicted molar refractivity (Wildman–Crippen MR) is 135 cm³/mol. The molecule has 0 aliphatic heterocycles. The predicted octanol–water partition coefficient (Wildman–Crippen LogP) is 6.74. The fourth-order valence-electron chi connectivity index (χ4n) is 2.93. The molecule has 0 bridgehead atoms. The number of hydrogen-bond donors (Lipinski definition) is 2. The number of halogens is 3. The van der Waals surface area contributed by atoms with E-state index in [4.69, 9.17) is 56.2 Å². The van der Waals surface area contributed by atoms with Gasteiger partial charge in [0, 0.05) is 10.6 Å². The highest BCUT2D eigenvalue weighted by Crippen LogP contribution is 2.31. The van der Waals surface area contributed by atoms with E-state index in [2.05, 4.69) is 15.6 Å². The third-order valence-electron chi connectivity index (χ3n) is 4.56. The van der Waals surface area contributed by atoms with Gasteiger partial charge in [-0.15, -0.1) is 0 Å². The van der Waals surface area contributed by atoms with E-state index in [1.54, 1.807) is 37.3 Å². The summed E-state index contributed by atoms with van der Waals surface area (Å²) in [5, 5.41) is 6.72. The fraction of sp³-hybridized carbons (Fsp3) is 0.0870. The molecule has 33 heavy (non-hydrogen) atoms. The Morgan fingerprint density at radius 3 is 2.61 bits per heavy atom. The van der Waals surface area contributed by atoms with Crippen LogP contribution in [0.2, 0.25) is 15.1 Å². The third kappa shape index (κ3) is 5.57. The Balaban J connectivity index is 1.43. The van der Waals surface area contributed by atoms with Gasteiger partial charge in [0.2, 0.25) is 5.89 Å². The number of rotatable bonds is 5. The van der Waals surface area contributed by atoms with Gasteiger partial charge >= 0.3 is 0 Å².